The SMILES string of the molecule is Cc1ccc(C(=O)N2CCN(C(=O)c3cccc(Cl)c3Cl)CC2)o1. The van der Waals surface area contributed by atoms with Crippen LogP contribution in [0, 0.1) is 6.92 Å². The van der Waals surface area contributed by atoms with E-state index in [-0.39, 0.29) is 16.8 Å². The molecule has 0 bridgehead atoms. The van der Waals surface area contributed by atoms with Crippen LogP contribution in [0.15, 0.2) is 34.7 Å². The van der Waals surface area contributed by atoms with Crippen molar-refractivity contribution >= 4 is 35.0 Å². The highest BCUT2D eigenvalue weighted by atomic mass is 35.5. The molecule has 1 aliphatic rings. The van der Waals surface area contributed by atoms with Gasteiger partial charge in [0.05, 0.1) is 15.6 Å². The third-order valence-corrected chi connectivity index (χ3v) is 4.81. The molecule has 0 saturated carbocycles. The average Bonchev–Trinajstić information content (AvgIpc) is 3.03. The van der Waals surface area contributed by atoms with Gasteiger partial charge in [-0.3, -0.25) is 9.59 Å². The predicted molar refractivity (Wildman–Crippen MR) is 91.7 cm³/mol. The van der Waals surface area contributed by atoms with Crippen LogP contribution in [0.4, 0.5) is 0 Å². The number of amides is 2. The summed E-state index contributed by atoms with van der Waals surface area (Å²) >= 11 is 12.1. The Morgan fingerprint density at radius 1 is 0.958 bits per heavy atom. The molecule has 0 radical (unpaired) electrons. The van der Waals surface area contributed by atoms with Gasteiger partial charge in [-0.1, -0.05) is 29.3 Å². The standard InChI is InChI=1S/C17H16Cl2N2O3/c1-11-5-6-14(24-11)17(23)21-9-7-20(8-10-21)16(22)12-3-2-4-13(18)15(12)19/h2-6H,7-10H2,1H3. The number of hydrogen-bond acceptors (Lipinski definition) is 3. The molecule has 1 aromatic heterocycles. The second kappa shape index (κ2) is 6.87. The van der Waals surface area contributed by atoms with Gasteiger partial charge in [-0.15, -0.1) is 0 Å². The smallest absolute Gasteiger partial charge is 0.289 e. The van der Waals surface area contributed by atoms with Crippen LogP contribution >= 0.6 is 23.2 Å². The van der Waals surface area contributed by atoms with Gasteiger partial charge in [0.25, 0.3) is 11.8 Å². The molecule has 1 aliphatic heterocycles. The van der Waals surface area contributed by atoms with E-state index in [1.807, 2.05) is 0 Å². The van der Waals surface area contributed by atoms with Crippen LogP contribution in [-0.2, 0) is 0 Å². The molecule has 3 rings (SSSR count). The molecule has 24 heavy (non-hydrogen) atoms. The highest BCUT2D eigenvalue weighted by Crippen LogP contribution is 2.27. The minimum Gasteiger partial charge on any atom is -0.456 e. The van der Waals surface area contributed by atoms with Crippen molar-refractivity contribution in [2.24, 2.45) is 0 Å². The molecule has 2 aromatic rings. The first-order chi connectivity index (χ1) is 11.5. The van der Waals surface area contributed by atoms with Gasteiger partial charge in [-0.05, 0) is 31.2 Å². The quantitative estimate of drug-likeness (QED) is 0.817. The largest absolute Gasteiger partial charge is 0.456 e. The van der Waals surface area contributed by atoms with Gasteiger partial charge in [0.2, 0.25) is 0 Å². The summed E-state index contributed by atoms with van der Waals surface area (Å²) in [7, 11) is 0. The van der Waals surface area contributed by atoms with Crippen LogP contribution in [0.3, 0.4) is 0 Å². The number of furan rings is 1. The first-order valence-corrected chi connectivity index (χ1v) is 8.32. The van der Waals surface area contributed by atoms with Gasteiger partial charge >= 0.3 is 0 Å². The van der Waals surface area contributed by atoms with Crippen molar-refractivity contribution in [3.05, 3.63) is 57.5 Å². The molecule has 5 nitrogen and oxygen atoms in total. The van der Waals surface area contributed by atoms with Crippen molar-refractivity contribution in [2.45, 2.75) is 6.92 Å². The number of aryl methyl sites for hydroxylation is 1. The molecule has 1 saturated heterocycles. The second-order valence-corrected chi connectivity index (χ2v) is 6.38. The average molecular weight is 367 g/mol. The molecular weight excluding hydrogens is 351 g/mol. The number of carbonyl (C=O) groups excluding carboxylic acids is 2. The molecule has 0 N–H and O–H groups in total. The lowest BCUT2D eigenvalue weighted by atomic mass is 10.1. The van der Waals surface area contributed by atoms with Crippen molar-refractivity contribution < 1.29 is 14.0 Å². The molecule has 0 unspecified atom stereocenters. The summed E-state index contributed by atoms with van der Waals surface area (Å²) in [6.45, 7) is 3.56. The summed E-state index contributed by atoms with van der Waals surface area (Å²) in [5.74, 6) is 0.687. The maximum Gasteiger partial charge on any atom is 0.289 e. The number of rotatable bonds is 2. The van der Waals surface area contributed by atoms with Gasteiger partial charge < -0.3 is 14.2 Å². The highest BCUT2D eigenvalue weighted by molar-refractivity contribution is 6.43. The fourth-order valence-electron chi connectivity index (χ4n) is 2.66. The maximum absolute atomic E-state index is 12.6. The van der Waals surface area contributed by atoms with E-state index in [1.54, 1.807) is 47.1 Å². The van der Waals surface area contributed by atoms with Crippen LogP contribution in [0.2, 0.25) is 10.0 Å². The third-order valence-electron chi connectivity index (χ3n) is 3.99. The van der Waals surface area contributed by atoms with Crippen LogP contribution in [-0.4, -0.2) is 47.8 Å². The molecule has 1 fully saturated rings. The maximum atomic E-state index is 12.6. The van der Waals surface area contributed by atoms with Gasteiger partial charge in [0, 0.05) is 26.2 Å². The number of halogens is 2. The number of benzene rings is 1. The van der Waals surface area contributed by atoms with Gasteiger partial charge in [0.1, 0.15) is 5.76 Å². The normalized spacial score (nSPS) is 14.8. The lowest BCUT2D eigenvalue weighted by Gasteiger charge is -2.34. The fraction of sp³-hybridized carbons (Fsp3) is 0.294. The minimum atomic E-state index is -0.177. The zero-order valence-corrected chi connectivity index (χ0v) is 14.6. The van der Waals surface area contributed by atoms with E-state index in [4.69, 9.17) is 27.6 Å². The first-order valence-electron chi connectivity index (χ1n) is 7.56. The topological polar surface area (TPSA) is 53.8 Å². The molecule has 2 amide bonds. The van der Waals surface area contributed by atoms with E-state index >= 15 is 0 Å². The van der Waals surface area contributed by atoms with Crippen molar-refractivity contribution in [1.29, 1.82) is 0 Å². The Balaban J connectivity index is 1.65. The van der Waals surface area contributed by atoms with Crippen LogP contribution in [0.25, 0.3) is 0 Å². The molecule has 0 aliphatic carbocycles. The molecule has 0 atom stereocenters. The van der Waals surface area contributed by atoms with Crippen molar-refractivity contribution in [1.82, 2.24) is 9.80 Å². The highest BCUT2D eigenvalue weighted by Gasteiger charge is 2.27. The molecule has 0 spiro atoms. The third kappa shape index (κ3) is 3.28. The molecule has 7 heteroatoms. The Labute approximate surface area is 149 Å². The van der Waals surface area contributed by atoms with E-state index in [0.717, 1.165) is 0 Å². The van der Waals surface area contributed by atoms with Gasteiger partial charge in [-0.25, -0.2) is 0 Å². The van der Waals surface area contributed by atoms with Crippen LogP contribution in [0.5, 0.6) is 0 Å². The van der Waals surface area contributed by atoms with Crippen molar-refractivity contribution in [3.63, 3.8) is 0 Å². The van der Waals surface area contributed by atoms with Gasteiger partial charge in [0.15, 0.2) is 5.76 Å². The lowest BCUT2D eigenvalue weighted by molar-refractivity contribution is 0.0517. The zero-order chi connectivity index (χ0) is 17.3. The van der Waals surface area contributed by atoms with Crippen LogP contribution < -0.4 is 0 Å². The molecular formula is C17H16Cl2N2O3. The second-order valence-electron chi connectivity index (χ2n) is 5.60. The summed E-state index contributed by atoms with van der Waals surface area (Å²) in [5.41, 5.74) is 0.380. The zero-order valence-electron chi connectivity index (χ0n) is 13.1. The first kappa shape index (κ1) is 16.9. The number of piperazine rings is 1. The monoisotopic (exact) mass is 366 g/mol. The Morgan fingerprint density at radius 2 is 1.58 bits per heavy atom. The Morgan fingerprint density at radius 3 is 2.17 bits per heavy atom. The summed E-state index contributed by atoms with van der Waals surface area (Å²) in [6, 6.07) is 8.41. The molecule has 1 aromatic carbocycles. The Bertz CT molecular complexity index is 780. The molecule has 126 valence electrons. The minimum absolute atomic E-state index is 0.156. The van der Waals surface area contributed by atoms with E-state index in [2.05, 4.69) is 0 Å². The summed E-state index contributed by atoms with van der Waals surface area (Å²) in [4.78, 5) is 28.3. The van der Waals surface area contributed by atoms with E-state index in [9.17, 15) is 9.59 Å². The van der Waals surface area contributed by atoms with Crippen LogP contribution in [0.1, 0.15) is 26.7 Å². The van der Waals surface area contributed by atoms with Gasteiger partial charge in [-0.2, -0.15) is 0 Å². The summed E-state index contributed by atoms with van der Waals surface area (Å²) in [6.07, 6.45) is 0. The van der Waals surface area contributed by atoms with Crippen molar-refractivity contribution in [3.8, 4) is 0 Å². The Hall–Kier alpha value is -1.98. The summed E-state index contributed by atoms with van der Waals surface area (Å²) in [5, 5.41) is 0.609. The predicted octanol–water partition coefficient (Wildman–Crippen LogP) is 3.49. The Kier molecular flexibility index (Phi) is 4.83. The van der Waals surface area contributed by atoms with Crippen molar-refractivity contribution in [2.75, 3.05) is 26.2 Å². The van der Waals surface area contributed by atoms with E-state index in [1.165, 1.54) is 0 Å². The van der Waals surface area contributed by atoms with E-state index in [0.29, 0.717) is 48.3 Å². The summed E-state index contributed by atoms with van der Waals surface area (Å²) < 4.78 is 5.37. The fourth-order valence-corrected chi connectivity index (χ4v) is 3.04. The molecule has 2 heterocycles. The van der Waals surface area contributed by atoms with E-state index < -0.39 is 0 Å². The number of nitrogens with zero attached hydrogens (tertiary/aromatic N) is 2. The number of carbonyl (C=O) groups is 2. The number of hydrogen-bond donors (Lipinski definition) is 0. The lowest BCUT2D eigenvalue weighted by Crippen LogP contribution is -2.50.